The van der Waals surface area contributed by atoms with Gasteiger partial charge >= 0.3 is 6.09 Å². The first kappa shape index (κ1) is 22.3. The second kappa shape index (κ2) is 7.93. The molecule has 1 aromatic carbocycles. The summed E-state index contributed by atoms with van der Waals surface area (Å²) >= 11 is 1.81. The first-order chi connectivity index (χ1) is 14.4. The molecule has 1 saturated heterocycles. The molecule has 31 heavy (non-hydrogen) atoms. The van der Waals surface area contributed by atoms with E-state index in [4.69, 9.17) is 9.72 Å². The summed E-state index contributed by atoms with van der Waals surface area (Å²) in [5.41, 5.74) is 2.47. The normalized spacial score (nSPS) is 27.5. The Balaban J connectivity index is 1.66. The Labute approximate surface area is 190 Å². The molecule has 0 radical (unpaired) electrons. The van der Waals surface area contributed by atoms with Gasteiger partial charge in [-0.2, -0.15) is 0 Å². The minimum atomic E-state index is -0.516. The maximum absolute atomic E-state index is 12.9. The second-order valence-electron chi connectivity index (χ2n) is 11.0. The van der Waals surface area contributed by atoms with Crippen LogP contribution >= 0.6 is 11.3 Å². The summed E-state index contributed by atoms with van der Waals surface area (Å²) in [6, 6.07) is 6.42. The molecule has 1 amide bonds. The van der Waals surface area contributed by atoms with Crippen molar-refractivity contribution < 1.29 is 9.53 Å². The molecule has 1 aromatic heterocycles. The van der Waals surface area contributed by atoms with E-state index in [1.54, 1.807) is 4.90 Å². The molecule has 2 aromatic rings. The number of amides is 1. The number of ether oxygens (including phenoxy) is 1. The van der Waals surface area contributed by atoms with Gasteiger partial charge in [0.25, 0.3) is 0 Å². The Kier molecular flexibility index (Phi) is 5.71. The van der Waals surface area contributed by atoms with E-state index in [1.165, 1.54) is 9.71 Å². The molecular weight excluding hydrogens is 405 g/mol. The Morgan fingerprint density at radius 2 is 2.06 bits per heavy atom. The van der Waals surface area contributed by atoms with Gasteiger partial charge in [-0.3, -0.25) is 4.90 Å². The van der Waals surface area contributed by atoms with Gasteiger partial charge in [-0.05, 0) is 64.1 Å². The van der Waals surface area contributed by atoms with Gasteiger partial charge in [0.05, 0.1) is 20.9 Å². The van der Waals surface area contributed by atoms with Gasteiger partial charge in [-0.25, -0.2) is 9.78 Å². The fourth-order valence-corrected chi connectivity index (χ4v) is 6.02. The fourth-order valence-electron chi connectivity index (χ4n) is 4.77. The van der Waals surface area contributed by atoms with E-state index in [2.05, 4.69) is 57.9 Å². The predicted octanol–water partition coefficient (Wildman–Crippen LogP) is 4.75. The fraction of sp³-hybridized carbons (Fsp3) is 0.583. The van der Waals surface area contributed by atoms with Crippen molar-refractivity contribution in [3.05, 3.63) is 34.8 Å². The number of likely N-dealkylation sites (N-methyl/N-ethyl adjacent to an activating group) is 1. The van der Waals surface area contributed by atoms with Gasteiger partial charge in [0.2, 0.25) is 0 Å². The molecule has 0 saturated carbocycles. The third-order valence-corrected chi connectivity index (χ3v) is 7.38. The van der Waals surface area contributed by atoms with E-state index in [0.29, 0.717) is 18.4 Å². The van der Waals surface area contributed by atoms with Crippen LogP contribution in [-0.2, 0) is 4.74 Å². The minimum absolute atomic E-state index is 0.223. The highest BCUT2D eigenvalue weighted by Gasteiger charge is 2.40. The summed E-state index contributed by atoms with van der Waals surface area (Å²) in [6.45, 7) is 13.0. The second-order valence-corrected chi connectivity index (χ2v) is 12.1. The number of likely N-dealkylation sites (tertiary alicyclic amines) is 1. The third kappa shape index (κ3) is 4.68. The number of hydrogen-bond acceptors (Lipinski definition) is 5. The zero-order chi connectivity index (χ0) is 22.6. The van der Waals surface area contributed by atoms with Crippen molar-refractivity contribution in [3.63, 3.8) is 0 Å². The molecule has 3 atom stereocenters. The van der Waals surface area contributed by atoms with Crippen LogP contribution in [0.1, 0.15) is 57.5 Å². The average Bonchev–Trinajstić information content (AvgIpc) is 3.18. The Bertz CT molecular complexity index is 1020. The summed E-state index contributed by atoms with van der Waals surface area (Å²) < 4.78 is 6.90. The molecule has 2 aliphatic heterocycles. The molecular formula is C24H34BN3O2S. The Morgan fingerprint density at radius 1 is 1.32 bits per heavy atom. The smallest absolute Gasteiger partial charge is 0.414 e. The summed E-state index contributed by atoms with van der Waals surface area (Å²) in [6.07, 6.45) is 2.85. The monoisotopic (exact) mass is 439 g/mol. The van der Waals surface area contributed by atoms with Gasteiger partial charge < -0.3 is 9.64 Å². The summed E-state index contributed by atoms with van der Waals surface area (Å²) in [5.74, 6) is 0.860. The number of thiazole rings is 1. The number of hydrogen-bond donors (Lipinski definition) is 0. The Hall–Kier alpha value is -1.86. The van der Waals surface area contributed by atoms with Crippen LogP contribution in [0, 0.1) is 5.92 Å². The summed E-state index contributed by atoms with van der Waals surface area (Å²) in [4.78, 5) is 22.2. The molecule has 3 heterocycles. The SMILES string of the molecule is B[C@@]1(C)CN(C)C[C@H]1c1nc2cc(C3=CC[C@H](C)CN3C(=O)OC(C)(C)C)ccc2s1. The lowest BCUT2D eigenvalue weighted by atomic mass is 9.64. The number of allylic oxidation sites excluding steroid dienone is 1. The van der Waals surface area contributed by atoms with Crippen LogP contribution in [0.3, 0.4) is 0 Å². The van der Waals surface area contributed by atoms with Crippen molar-refractivity contribution in [1.82, 2.24) is 14.8 Å². The lowest BCUT2D eigenvalue weighted by Crippen LogP contribution is -2.39. The molecule has 0 aliphatic carbocycles. The van der Waals surface area contributed by atoms with Crippen LogP contribution in [0.2, 0.25) is 5.31 Å². The standard InChI is InChI=1S/C24H34BN3O2S/c1-15-7-9-19(28(12-15)22(29)30-23(2,3)4)16-8-10-20-18(11-16)26-21(31-20)17-13-27(6)14-24(17,5)25/h8-11,15,17H,7,12-14,25H2,1-6H3/t15-,17-,24-/m0/s1. The van der Waals surface area contributed by atoms with Crippen molar-refractivity contribution in [2.24, 2.45) is 5.92 Å². The lowest BCUT2D eigenvalue weighted by molar-refractivity contribution is 0.0327. The van der Waals surface area contributed by atoms with E-state index in [-0.39, 0.29) is 11.4 Å². The number of fused-ring (bicyclic) bond motifs is 1. The summed E-state index contributed by atoms with van der Waals surface area (Å²) in [7, 11) is 4.53. The first-order valence-corrected chi connectivity index (χ1v) is 12.0. The molecule has 5 nitrogen and oxygen atoms in total. The van der Waals surface area contributed by atoms with Crippen LogP contribution < -0.4 is 0 Å². The van der Waals surface area contributed by atoms with Gasteiger partial charge in [-0.1, -0.05) is 26.0 Å². The number of rotatable bonds is 2. The van der Waals surface area contributed by atoms with Gasteiger partial charge in [0.1, 0.15) is 13.4 Å². The van der Waals surface area contributed by atoms with Crippen molar-refractivity contribution in [2.45, 2.75) is 57.9 Å². The highest BCUT2D eigenvalue weighted by molar-refractivity contribution is 7.18. The first-order valence-electron chi connectivity index (χ1n) is 11.2. The van der Waals surface area contributed by atoms with Crippen LogP contribution in [0.15, 0.2) is 24.3 Å². The van der Waals surface area contributed by atoms with Gasteiger partial charge in [0, 0.05) is 24.6 Å². The predicted molar refractivity (Wildman–Crippen MR) is 131 cm³/mol. The van der Waals surface area contributed by atoms with E-state index >= 15 is 0 Å². The maximum atomic E-state index is 12.9. The molecule has 1 fully saturated rings. The topological polar surface area (TPSA) is 45.7 Å². The van der Waals surface area contributed by atoms with E-state index < -0.39 is 5.60 Å². The van der Waals surface area contributed by atoms with Crippen LogP contribution in [0.5, 0.6) is 0 Å². The highest BCUT2D eigenvalue weighted by atomic mass is 32.1. The molecule has 0 bridgehead atoms. The third-order valence-electron chi connectivity index (χ3n) is 6.23. The largest absolute Gasteiger partial charge is 0.443 e. The highest BCUT2D eigenvalue weighted by Crippen LogP contribution is 2.47. The number of nitrogens with zero attached hydrogens (tertiary/aromatic N) is 3. The zero-order valence-corrected chi connectivity index (χ0v) is 20.7. The van der Waals surface area contributed by atoms with Crippen molar-refractivity contribution in [3.8, 4) is 0 Å². The Morgan fingerprint density at radius 3 is 2.71 bits per heavy atom. The van der Waals surface area contributed by atoms with E-state index in [9.17, 15) is 4.79 Å². The van der Waals surface area contributed by atoms with Gasteiger partial charge in [-0.15, -0.1) is 11.3 Å². The minimum Gasteiger partial charge on any atom is -0.443 e. The number of benzene rings is 1. The number of aromatic nitrogens is 1. The summed E-state index contributed by atoms with van der Waals surface area (Å²) in [5, 5.41) is 1.44. The van der Waals surface area contributed by atoms with Gasteiger partial charge in [0.15, 0.2) is 0 Å². The quantitative estimate of drug-likeness (QED) is 0.634. The lowest BCUT2D eigenvalue weighted by Gasteiger charge is -2.33. The molecule has 7 heteroatoms. The van der Waals surface area contributed by atoms with Crippen LogP contribution in [0.4, 0.5) is 4.79 Å². The average molecular weight is 439 g/mol. The van der Waals surface area contributed by atoms with E-state index in [1.807, 2.05) is 32.1 Å². The van der Waals surface area contributed by atoms with Crippen molar-refractivity contribution in [2.75, 3.05) is 26.7 Å². The molecule has 0 spiro atoms. The van der Waals surface area contributed by atoms with Crippen molar-refractivity contribution >= 4 is 41.2 Å². The molecule has 2 aliphatic rings. The maximum Gasteiger partial charge on any atom is 0.414 e. The van der Waals surface area contributed by atoms with Crippen LogP contribution in [-0.4, -0.2) is 61.0 Å². The molecule has 0 unspecified atom stereocenters. The molecule has 4 rings (SSSR count). The molecule has 166 valence electrons. The van der Waals surface area contributed by atoms with Crippen LogP contribution in [0.25, 0.3) is 15.9 Å². The van der Waals surface area contributed by atoms with Crippen molar-refractivity contribution in [1.29, 1.82) is 0 Å². The number of carbonyl (C=O) groups excluding carboxylic acids is 1. The van der Waals surface area contributed by atoms with E-state index in [0.717, 1.165) is 36.3 Å². The number of carbonyl (C=O) groups is 1. The zero-order valence-electron chi connectivity index (χ0n) is 19.9. The molecule has 0 N–H and O–H groups in total.